The summed E-state index contributed by atoms with van der Waals surface area (Å²) in [7, 11) is 0. The van der Waals surface area contributed by atoms with Gasteiger partial charge in [-0.3, -0.25) is 0 Å². The molecule has 0 bridgehead atoms. The van der Waals surface area contributed by atoms with Crippen LogP contribution in [0.4, 0.5) is 0 Å². The third-order valence-electron chi connectivity index (χ3n) is 2.19. The van der Waals surface area contributed by atoms with Crippen LogP contribution in [0.5, 0.6) is 0 Å². The van der Waals surface area contributed by atoms with Gasteiger partial charge in [0, 0.05) is 0 Å². The molecule has 1 aromatic carbocycles. The third kappa shape index (κ3) is 1.81. The SMILES string of the molecule is Cc1cccc(C2C=CC=CN2)c1. The first-order chi connectivity index (χ1) is 6.36. The second-order valence-electron chi connectivity index (χ2n) is 3.30. The Labute approximate surface area is 78.8 Å². The summed E-state index contributed by atoms with van der Waals surface area (Å²) < 4.78 is 0. The molecule has 13 heavy (non-hydrogen) atoms. The Balaban J connectivity index is 2.25. The molecule has 0 amide bonds. The summed E-state index contributed by atoms with van der Waals surface area (Å²) in [5.41, 5.74) is 2.63. The average Bonchev–Trinajstić information content (AvgIpc) is 2.19. The van der Waals surface area contributed by atoms with Crippen molar-refractivity contribution in [1.82, 2.24) is 5.32 Å². The van der Waals surface area contributed by atoms with E-state index in [1.165, 1.54) is 11.1 Å². The molecule has 0 saturated heterocycles. The topological polar surface area (TPSA) is 12.0 Å². The molecule has 0 aliphatic carbocycles. The van der Waals surface area contributed by atoms with Crippen molar-refractivity contribution < 1.29 is 0 Å². The molecule has 1 aliphatic rings. The van der Waals surface area contributed by atoms with Gasteiger partial charge in [-0.25, -0.2) is 0 Å². The Bertz CT molecular complexity index is 350. The molecule has 0 fully saturated rings. The molecule has 1 unspecified atom stereocenters. The fraction of sp³-hybridized carbons (Fsp3) is 0.167. The van der Waals surface area contributed by atoms with Gasteiger partial charge in [-0.2, -0.15) is 0 Å². The molecule has 1 heterocycles. The Morgan fingerprint density at radius 3 is 2.85 bits per heavy atom. The number of hydrogen-bond donors (Lipinski definition) is 1. The van der Waals surface area contributed by atoms with Crippen molar-refractivity contribution in [1.29, 1.82) is 0 Å². The van der Waals surface area contributed by atoms with E-state index in [1.54, 1.807) is 0 Å². The zero-order valence-electron chi connectivity index (χ0n) is 7.70. The standard InChI is InChI=1S/C12H13N/c1-10-5-4-6-11(9-10)12-7-2-3-8-13-12/h2-9,12-13H,1H3. The molecular formula is C12H13N. The Morgan fingerprint density at radius 2 is 2.15 bits per heavy atom. The lowest BCUT2D eigenvalue weighted by molar-refractivity contribution is 0.746. The molecule has 1 aromatic rings. The van der Waals surface area contributed by atoms with E-state index in [9.17, 15) is 0 Å². The van der Waals surface area contributed by atoms with Crippen LogP contribution in [0.25, 0.3) is 0 Å². The van der Waals surface area contributed by atoms with Crippen LogP contribution < -0.4 is 5.32 Å². The number of rotatable bonds is 1. The molecule has 1 heteroatoms. The minimum absolute atomic E-state index is 0.338. The van der Waals surface area contributed by atoms with E-state index in [0.717, 1.165) is 0 Å². The lowest BCUT2D eigenvalue weighted by Crippen LogP contribution is -2.14. The molecule has 0 radical (unpaired) electrons. The van der Waals surface area contributed by atoms with Gasteiger partial charge in [0.1, 0.15) is 0 Å². The quantitative estimate of drug-likeness (QED) is 0.685. The predicted molar refractivity (Wildman–Crippen MR) is 55.3 cm³/mol. The number of dihydropyridines is 1. The van der Waals surface area contributed by atoms with Gasteiger partial charge >= 0.3 is 0 Å². The van der Waals surface area contributed by atoms with E-state index in [2.05, 4.69) is 48.7 Å². The minimum Gasteiger partial charge on any atom is -0.381 e. The van der Waals surface area contributed by atoms with Crippen LogP contribution >= 0.6 is 0 Å². The normalized spacial score (nSPS) is 19.9. The van der Waals surface area contributed by atoms with Gasteiger partial charge in [0.25, 0.3) is 0 Å². The van der Waals surface area contributed by atoms with Crippen molar-refractivity contribution in [2.24, 2.45) is 0 Å². The molecule has 0 saturated carbocycles. The highest BCUT2D eigenvalue weighted by molar-refractivity contribution is 5.30. The van der Waals surface area contributed by atoms with E-state index in [1.807, 2.05) is 12.3 Å². The summed E-state index contributed by atoms with van der Waals surface area (Å²) in [6.07, 6.45) is 8.22. The van der Waals surface area contributed by atoms with Crippen molar-refractivity contribution in [3.8, 4) is 0 Å². The Hall–Kier alpha value is -1.50. The number of nitrogens with one attached hydrogen (secondary N) is 1. The van der Waals surface area contributed by atoms with Crippen LogP contribution in [0.3, 0.4) is 0 Å². The first-order valence-electron chi connectivity index (χ1n) is 4.52. The molecule has 1 atom stereocenters. The van der Waals surface area contributed by atoms with Gasteiger partial charge in [0.2, 0.25) is 0 Å². The lowest BCUT2D eigenvalue weighted by atomic mass is 10.0. The number of benzene rings is 1. The monoisotopic (exact) mass is 171 g/mol. The number of aryl methyl sites for hydroxylation is 1. The first kappa shape index (κ1) is 8.11. The van der Waals surface area contributed by atoms with E-state index in [-0.39, 0.29) is 0 Å². The van der Waals surface area contributed by atoms with Crippen LogP contribution in [0, 0.1) is 6.92 Å². The highest BCUT2D eigenvalue weighted by Crippen LogP contribution is 2.17. The largest absolute Gasteiger partial charge is 0.381 e. The van der Waals surface area contributed by atoms with Crippen LogP contribution in [0.2, 0.25) is 0 Å². The van der Waals surface area contributed by atoms with Gasteiger partial charge in [-0.15, -0.1) is 0 Å². The minimum atomic E-state index is 0.338. The Kier molecular flexibility index (Phi) is 2.17. The molecule has 1 nitrogen and oxygen atoms in total. The van der Waals surface area contributed by atoms with Crippen LogP contribution in [-0.2, 0) is 0 Å². The van der Waals surface area contributed by atoms with E-state index >= 15 is 0 Å². The fourth-order valence-corrected chi connectivity index (χ4v) is 1.52. The van der Waals surface area contributed by atoms with E-state index in [4.69, 9.17) is 0 Å². The number of hydrogen-bond acceptors (Lipinski definition) is 1. The average molecular weight is 171 g/mol. The van der Waals surface area contributed by atoms with Crippen molar-refractivity contribution in [3.63, 3.8) is 0 Å². The summed E-state index contributed by atoms with van der Waals surface area (Å²) in [5.74, 6) is 0. The maximum absolute atomic E-state index is 3.30. The first-order valence-corrected chi connectivity index (χ1v) is 4.52. The summed E-state index contributed by atoms with van der Waals surface area (Å²) >= 11 is 0. The molecule has 66 valence electrons. The highest BCUT2D eigenvalue weighted by atomic mass is 14.9. The zero-order valence-corrected chi connectivity index (χ0v) is 7.70. The van der Waals surface area contributed by atoms with Crippen molar-refractivity contribution in [2.45, 2.75) is 13.0 Å². The second-order valence-corrected chi connectivity index (χ2v) is 3.30. The number of allylic oxidation sites excluding steroid dienone is 2. The lowest BCUT2D eigenvalue weighted by Gasteiger charge is -2.16. The molecule has 1 N–H and O–H groups in total. The van der Waals surface area contributed by atoms with Crippen LogP contribution in [0.1, 0.15) is 17.2 Å². The van der Waals surface area contributed by atoms with Gasteiger partial charge in [0.05, 0.1) is 6.04 Å². The van der Waals surface area contributed by atoms with Gasteiger partial charge in [-0.1, -0.05) is 42.0 Å². The maximum Gasteiger partial charge on any atom is 0.0695 e. The summed E-state index contributed by atoms with van der Waals surface area (Å²) in [5, 5.41) is 3.30. The molecule has 0 aromatic heterocycles. The summed E-state index contributed by atoms with van der Waals surface area (Å²) in [6.45, 7) is 2.12. The maximum atomic E-state index is 3.30. The van der Waals surface area contributed by atoms with Crippen molar-refractivity contribution >= 4 is 0 Å². The van der Waals surface area contributed by atoms with Crippen molar-refractivity contribution in [2.75, 3.05) is 0 Å². The van der Waals surface area contributed by atoms with Gasteiger partial charge in [-0.05, 0) is 24.8 Å². The molecule has 0 spiro atoms. The third-order valence-corrected chi connectivity index (χ3v) is 2.19. The molecule has 2 rings (SSSR count). The zero-order chi connectivity index (χ0) is 9.10. The molecule has 1 aliphatic heterocycles. The molecular weight excluding hydrogens is 158 g/mol. The fourth-order valence-electron chi connectivity index (χ4n) is 1.52. The Morgan fingerprint density at radius 1 is 1.23 bits per heavy atom. The van der Waals surface area contributed by atoms with Gasteiger partial charge in [0.15, 0.2) is 0 Å². The predicted octanol–water partition coefficient (Wildman–Crippen LogP) is 2.71. The van der Waals surface area contributed by atoms with Crippen LogP contribution in [0.15, 0.2) is 48.7 Å². The summed E-state index contributed by atoms with van der Waals surface area (Å²) in [6, 6.07) is 8.91. The summed E-state index contributed by atoms with van der Waals surface area (Å²) in [4.78, 5) is 0. The van der Waals surface area contributed by atoms with Crippen LogP contribution in [-0.4, -0.2) is 0 Å². The van der Waals surface area contributed by atoms with Crippen molar-refractivity contribution in [3.05, 3.63) is 59.8 Å². The van der Waals surface area contributed by atoms with E-state index < -0.39 is 0 Å². The van der Waals surface area contributed by atoms with E-state index in [0.29, 0.717) is 6.04 Å². The van der Waals surface area contributed by atoms with Gasteiger partial charge < -0.3 is 5.32 Å². The highest BCUT2D eigenvalue weighted by Gasteiger charge is 2.06. The smallest absolute Gasteiger partial charge is 0.0695 e. The second kappa shape index (κ2) is 3.48.